The topological polar surface area (TPSA) is 36.9 Å². The highest BCUT2D eigenvalue weighted by Gasteiger charge is 2.24. The SMILES string of the molecule is C=CCc1cc2c(OCCCCCC)c(c1)Cc1cc(CC=C)cc(c1OCCCCCC)Cc1cc(CC=C)cc(c1OCCCCCC)Cc1cc(CC=C)cc(c1OCCCCCC)C2. The zero-order valence-electron chi connectivity index (χ0n) is 43.2. The van der Waals surface area contributed by atoms with E-state index in [0.29, 0.717) is 52.1 Å². The number of hydrogen-bond donors (Lipinski definition) is 0. The summed E-state index contributed by atoms with van der Waals surface area (Å²) in [5.74, 6) is 3.98. The van der Waals surface area contributed by atoms with Crippen LogP contribution >= 0.6 is 0 Å². The van der Waals surface area contributed by atoms with E-state index >= 15 is 0 Å². The van der Waals surface area contributed by atoms with Crippen molar-refractivity contribution >= 4 is 0 Å². The monoisotopic (exact) mass is 921 g/mol. The highest BCUT2D eigenvalue weighted by molar-refractivity contribution is 5.59. The van der Waals surface area contributed by atoms with Gasteiger partial charge in [-0.2, -0.15) is 0 Å². The highest BCUT2D eigenvalue weighted by atomic mass is 16.5. The molecule has 0 saturated heterocycles. The van der Waals surface area contributed by atoms with Gasteiger partial charge in [0.1, 0.15) is 23.0 Å². The Bertz CT molecular complexity index is 1790. The molecule has 68 heavy (non-hydrogen) atoms. The van der Waals surface area contributed by atoms with Crippen molar-refractivity contribution in [1.29, 1.82) is 0 Å². The van der Waals surface area contributed by atoms with Crippen molar-refractivity contribution in [1.82, 2.24) is 0 Å². The minimum atomic E-state index is 0.675. The molecule has 0 radical (unpaired) electrons. The largest absolute Gasteiger partial charge is 0.493 e. The van der Waals surface area contributed by atoms with Gasteiger partial charge in [0, 0.05) is 25.7 Å². The van der Waals surface area contributed by atoms with Gasteiger partial charge in [0.25, 0.3) is 0 Å². The molecule has 0 atom stereocenters. The fourth-order valence-corrected chi connectivity index (χ4v) is 9.87. The van der Waals surface area contributed by atoms with Gasteiger partial charge in [0.15, 0.2) is 0 Å². The van der Waals surface area contributed by atoms with Crippen LogP contribution in [0.5, 0.6) is 23.0 Å². The smallest absolute Gasteiger partial charge is 0.126 e. The molecule has 8 bridgehead atoms. The summed E-state index contributed by atoms with van der Waals surface area (Å²) in [6.07, 6.45) is 32.2. The number of unbranched alkanes of at least 4 members (excludes halogenated alkanes) is 12. The molecule has 0 amide bonds. The third-order valence-electron chi connectivity index (χ3n) is 13.2. The van der Waals surface area contributed by atoms with Crippen molar-refractivity contribution in [2.45, 2.75) is 182 Å². The van der Waals surface area contributed by atoms with Gasteiger partial charge < -0.3 is 18.9 Å². The Labute approximate surface area is 414 Å². The molecule has 1 aliphatic carbocycles. The highest BCUT2D eigenvalue weighted by Crippen LogP contribution is 2.41. The molecule has 1 aliphatic rings. The van der Waals surface area contributed by atoms with E-state index in [4.69, 9.17) is 18.9 Å². The van der Waals surface area contributed by atoms with Gasteiger partial charge in [-0.15, -0.1) is 26.3 Å². The molecule has 0 N–H and O–H groups in total. The molecule has 0 aromatic heterocycles. The summed E-state index contributed by atoms with van der Waals surface area (Å²) in [4.78, 5) is 0. The summed E-state index contributed by atoms with van der Waals surface area (Å²) in [5.41, 5.74) is 14.5. The van der Waals surface area contributed by atoms with Crippen molar-refractivity contribution < 1.29 is 18.9 Å². The first-order valence-electron chi connectivity index (χ1n) is 26.9. The Hall–Kier alpha value is -4.96. The van der Waals surface area contributed by atoms with Crippen LogP contribution in [-0.2, 0) is 51.4 Å². The van der Waals surface area contributed by atoms with Gasteiger partial charge in [0.2, 0.25) is 0 Å². The van der Waals surface area contributed by atoms with E-state index < -0.39 is 0 Å². The fraction of sp³-hybridized carbons (Fsp3) is 0.500. The average Bonchev–Trinajstić information content (AvgIpc) is 3.31. The summed E-state index contributed by atoms with van der Waals surface area (Å²) in [6, 6.07) is 19.0. The normalized spacial score (nSPS) is 12.1. The van der Waals surface area contributed by atoms with Gasteiger partial charge in [-0.3, -0.25) is 0 Å². The van der Waals surface area contributed by atoms with Crippen LogP contribution in [0.1, 0.15) is 197 Å². The average molecular weight is 921 g/mol. The third kappa shape index (κ3) is 16.6. The van der Waals surface area contributed by atoms with Crippen LogP contribution in [-0.4, -0.2) is 26.4 Å². The Morgan fingerprint density at radius 1 is 0.309 bits per heavy atom. The molecule has 0 fully saturated rings. The van der Waals surface area contributed by atoms with E-state index in [1.165, 1.54) is 118 Å². The van der Waals surface area contributed by atoms with Crippen LogP contribution < -0.4 is 18.9 Å². The molecule has 4 aromatic carbocycles. The van der Waals surface area contributed by atoms with E-state index in [-0.39, 0.29) is 0 Å². The number of hydrogen-bond acceptors (Lipinski definition) is 4. The van der Waals surface area contributed by atoms with Crippen molar-refractivity contribution in [3.8, 4) is 23.0 Å². The lowest BCUT2D eigenvalue weighted by molar-refractivity contribution is 0.293. The first-order valence-corrected chi connectivity index (χ1v) is 26.9. The summed E-state index contributed by atoms with van der Waals surface area (Å²) < 4.78 is 28.4. The minimum absolute atomic E-state index is 0.675. The summed E-state index contributed by atoms with van der Waals surface area (Å²) in [7, 11) is 0. The lowest BCUT2D eigenvalue weighted by Gasteiger charge is -2.25. The van der Waals surface area contributed by atoms with Gasteiger partial charge in [-0.05, 0) is 118 Å². The van der Waals surface area contributed by atoms with E-state index in [9.17, 15) is 0 Å². The zero-order chi connectivity index (χ0) is 48.4. The molecule has 0 spiro atoms. The number of fused-ring (bicyclic) bond motifs is 8. The Balaban J connectivity index is 1.87. The molecule has 0 aliphatic heterocycles. The van der Waals surface area contributed by atoms with Crippen LogP contribution in [0.2, 0.25) is 0 Å². The second-order valence-corrected chi connectivity index (χ2v) is 19.3. The molecule has 4 heteroatoms. The molecule has 4 nitrogen and oxygen atoms in total. The van der Waals surface area contributed by atoms with E-state index in [0.717, 1.165) is 100 Å². The van der Waals surface area contributed by atoms with E-state index in [1.54, 1.807) is 0 Å². The first kappa shape index (κ1) is 54.0. The predicted molar refractivity (Wildman–Crippen MR) is 291 cm³/mol. The molecule has 4 aromatic rings. The van der Waals surface area contributed by atoms with Gasteiger partial charge in [-0.25, -0.2) is 0 Å². The molecule has 5 rings (SSSR count). The Morgan fingerprint density at radius 2 is 0.500 bits per heavy atom. The van der Waals surface area contributed by atoms with E-state index in [1.807, 2.05) is 24.3 Å². The van der Waals surface area contributed by atoms with Gasteiger partial charge in [-0.1, -0.05) is 178 Å². The first-order chi connectivity index (χ1) is 33.4. The number of ether oxygens (including phenoxy) is 4. The maximum atomic E-state index is 7.11. The summed E-state index contributed by atoms with van der Waals surface area (Å²) in [6.45, 7) is 28.6. The summed E-state index contributed by atoms with van der Waals surface area (Å²) in [5, 5.41) is 0. The van der Waals surface area contributed by atoms with Crippen LogP contribution in [0.4, 0.5) is 0 Å². The quantitative estimate of drug-likeness (QED) is 0.0318. The third-order valence-corrected chi connectivity index (χ3v) is 13.2. The van der Waals surface area contributed by atoms with Crippen LogP contribution in [0.15, 0.2) is 99.2 Å². The Kier molecular flexibility index (Phi) is 24.2. The predicted octanol–water partition coefficient (Wildman–Crippen LogP) is 17.1. The molecular formula is C64H88O4. The van der Waals surface area contributed by atoms with Crippen molar-refractivity contribution in [2.24, 2.45) is 0 Å². The number of benzene rings is 4. The lowest BCUT2D eigenvalue weighted by atomic mass is 9.87. The second-order valence-electron chi connectivity index (χ2n) is 19.3. The molecule has 368 valence electrons. The van der Waals surface area contributed by atoms with Crippen LogP contribution in [0, 0.1) is 0 Å². The summed E-state index contributed by atoms with van der Waals surface area (Å²) >= 11 is 0. The molecule has 0 heterocycles. The van der Waals surface area contributed by atoms with Crippen molar-refractivity contribution in [2.75, 3.05) is 26.4 Å². The number of allylic oxidation sites excluding steroid dienone is 4. The fourth-order valence-electron chi connectivity index (χ4n) is 9.87. The lowest BCUT2D eigenvalue weighted by Crippen LogP contribution is -2.12. The van der Waals surface area contributed by atoms with Crippen molar-refractivity contribution in [3.63, 3.8) is 0 Å². The van der Waals surface area contributed by atoms with Crippen LogP contribution in [0.25, 0.3) is 0 Å². The second kappa shape index (κ2) is 30.5. The molecule has 0 unspecified atom stereocenters. The van der Waals surface area contributed by atoms with Gasteiger partial charge >= 0.3 is 0 Å². The van der Waals surface area contributed by atoms with Crippen LogP contribution in [0.3, 0.4) is 0 Å². The zero-order valence-corrected chi connectivity index (χ0v) is 43.2. The van der Waals surface area contributed by atoms with Gasteiger partial charge in [0.05, 0.1) is 26.4 Å². The standard InChI is InChI=1S/C64H88O4/c1-9-17-21-25-33-65-61-53-37-49(29-13-5)38-54(61)46-56-40-51(31-15-7)42-58(63(56)67-35-27-23-19-11-3)48-60-44-52(32-16-8)43-59(64(60)68-36-28-24-20-12-4)47-57-41-50(30-14-6)39-55(45-53)62(57)66-34-26-22-18-10-2/h13-16,37-44H,5-12,17-36,45-48H2,1-4H3. The van der Waals surface area contributed by atoms with E-state index in [2.05, 4.69) is 103 Å². The molecule has 0 saturated carbocycles. The number of rotatable bonds is 32. The van der Waals surface area contributed by atoms with Crippen molar-refractivity contribution in [3.05, 3.63) is 166 Å². The maximum absolute atomic E-state index is 7.11. The Morgan fingerprint density at radius 3 is 0.662 bits per heavy atom. The maximum Gasteiger partial charge on any atom is 0.126 e. The molecular weight excluding hydrogens is 833 g/mol. The minimum Gasteiger partial charge on any atom is -0.493 e.